The van der Waals surface area contributed by atoms with Crippen LogP contribution in [-0.4, -0.2) is 35.6 Å². The maximum atomic E-state index is 11.9. The summed E-state index contributed by atoms with van der Waals surface area (Å²) < 4.78 is 11.6. The molecular weight excluding hydrogens is 348 g/mol. The maximum absolute atomic E-state index is 11.9. The lowest BCUT2D eigenvalue weighted by atomic mass is 10.0. The van der Waals surface area contributed by atoms with Crippen LogP contribution in [0.25, 0.3) is 10.8 Å². The smallest absolute Gasteiger partial charge is 0.252 e. The molecule has 0 bridgehead atoms. The Morgan fingerprint density at radius 3 is 2.74 bits per heavy atom. The monoisotopic (exact) mass is 372 g/mol. The lowest BCUT2D eigenvalue weighted by molar-refractivity contribution is -0.119. The number of nitrogens with two attached hydrogens (primary N) is 2. The van der Waals surface area contributed by atoms with E-state index in [1.165, 1.54) is 0 Å². The standard InChI is InChI=1S/C19H24N4O4/c1-10(2)27-16-6-14-13(5-15(16)18(21)25)11(7-20)8-22-19(14)26-9-12-3-4-17(24)23-12/h5-6,8,10,12H,3-4,7,9,20H2,1-2H3,(H2,21,25)(H,23,24)/t12-/m0/s1. The molecule has 2 amide bonds. The average Bonchev–Trinajstić information content (AvgIpc) is 3.03. The first-order valence-corrected chi connectivity index (χ1v) is 8.93. The molecule has 0 saturated carbocycles. The van der Waals surface area contributed by atoms with E-state index in [4.69, 9.17) is 20.9 Å². The Balaban J connectivity index is 2.02. The number of hydrogen-bond acceptors (Lipinski definition) is 6. The molecule has 8 heteroatoms. The Kier molecular flexibility index (Phi) is 5.46. The first-order valence-electron chi connectivity index (χ1n) is 8.93. The van der Waals surface area contributed by atoms with E-state index in [1.54, 1.807) is 18.3 Å². The summed E-state index contributed by atoms with van der Waals surface area (Å²) in [5.41, 5.74) is 12.4. The van der Waals surface area contributed by atoms with Gasteiger partial charge in [-0.05, 0) is 43.4 Å². The van der Waals surface area contributed by atoms with Gasteiger partial charge in [0.25, 0.3) is 5.91 Å². The van der Waals surface area contributed by atoms with Gasteiger partial charge in [0.05, 0.1) is 17.7 Å². The van der Waals surface area contributed by atoms with Crippen molar-refractivity contribution in [3.8, 4) is 11.6 Å². The number of pyridine rings is 1. The highest BCUT2D eigenvalue weighted by Crippen LogP contribution is 2.33. The highest BCUT2D eigenvalue weighted by atomic mass is 16.5. The van der Waals surface area contributed by atoms with Gasteiger partial charge in [0.1, 0.15) is 12.4 Å². The van der Waals surface area contributed by atoms with Crippen molar-refractivity contribution < 1.29 is 19.1 Å². The van der Waals surface area contributed by atoms with Crippen LogP contribution in [0.4, 0.5) is 0 Å². The summed E-state index contributed by atoms with van der Waals surface area (Å²) in [6.45, 7) is 4.30. The minimum absolute atomic E-state index is 0.0265. The van der Waals surface area contributed by atoms with E-state index in [0.29, 0.717) is 30.0 Å². The average molecular weight is 372 g/mol. The van der Waals surface area contributed by atoms with Crippen molar-refractivity contribution in [1.82, 2.24) is 10.3 Å². The normalized spacial score (nSPS) is 16.6. The third kappa shape index (κ3) is 4.11. The van der Waals surface area contributed by atoms with Crippen LogP contribution in [0.1, 0.15) is 42.6 Å². The van der Waals surface area contributed by atoms with Gasteiger partial charge in [-0.25, -0.2) is 4.98 Å². The number of nitrogens with zero attached hydrogens (tertiary/aromatic N) is 1. The van der Waals surface area contributed by atoms with Gasteiger partial charge < -0.3 is 26.3 Å². The van der Waals surface area contributed by atoms with Crippen molar-refractivity contribution in [2.24, 2.45) is 11.5 Å². The summed E-state index contributed by atoms with van der Waals surface area (Å²) in [5.74, 6) is 0.218. The van der Waals surface area contributed by atoms with Crippen LogP contribution in [0.3, 0.4) is 0 Å². The Bertz CT molecular complexity index is 882. The fraction of sp³-hybridized carbons (Fsp3) is 0.421. The molecule has 1 saturated heterocycles. The van der Waals surface area contributed by atoms with E-state index < -0.39 is 5.91 Å². The number of nitrogens with one attached hydrogen (secondary N) is 1. The molecule has 0 unspecified atom stereocenters. The van der Waals surface area contributed by atoms with Crippen LogP contribution in [0.15, 0.2) is 18.3 Å². The Morgan fingerprint density at radius 1 is 1.37 bits per heavy atom. The second kappa shape index (κ2) is 7.79. The molecule has 1 aromatic heterocycles. The lowest BCUT2D eigenvalue weighted by Crippen LogP contribution is -2.31. The van der Waals surface area contributed by atoms with Crippen molar-refractivity contribution in [1.29, 1.82) is 0 Å². The molecule has 144 valence electrons. The number of primary amides is 1. The van der Waals surface area contributed by atoms with E-state index in [1.807, 2.05) is 13.8 Å². The van der Waals surface area contributed by atoms with Gasteiger partial charge in [-0.1, -0.05) is 0 Å². The van der Waals surface area contributed by atoms with Crippen LogP contribution < -0.4 is 26.3 Å². The van der Waals surface area contributed by atoms with Crippen molar-refractivity contribution in [3.63, 3.8) is 0 Å². The van der Waals surface area contributed by atoms with Crippen LogP contribution in [0.2, 0.25) is 0 Å². The predicted molar refractivity (Wildman–Crippen MR) is 101 cm³/mol. The van der Waals surface area contributed by atoms with E-state index in [2.05, 4.69) is 10.3 Å². The van der Waals surface area contributed by atoms with Gasteiger partial charge in [0, 0.05) is 24.5 Å². The predicted octanol–water partition coefficient (Wildman–Crippen LogP) is 1.24. The summed E-state index contributed by atoms with van der Waals surface area (Å²) >= 11 is 0. The van der Waals surface area contributed by atoms with Gasteiger partial charge in [-0.15, -0.1) is 0 Å². The quantitative estimate of drug-likeness (QED) is 0.670. The molecule has 0 spiro atoms. The van der Waals surface area contributed by atoms with Crippen LogP contribution in [-0.2, 0) is 11.3 Å². The molecule has 8 nitrogen and oxygen atoms in total. The zero-order valence-electron chi connectivity index (χ0n) is 15.5. The molecule has 27 heavy (non-hydrogen) atoms. The number of carbonyl (C=O) groups is 2. The fourth-order valence-corrected chi connectivity index (χ4v) is 3.10. The summed E-state index contributed by atoms with van der Waals surface area (Å²) in [4.78, 5) is 27.6. The maximum Gasteiger partial charge on any atom is 0.252 e. The van der Waals surface area contributed by atoms with E-state index in [9.17, 15) is 9.59 Å². The molecule has 1 aromatic carbocycles. The Hall–Kier alpha value is -2.87. The van der Waals surface area contributed by atoms with Gasteiger partial charge >= 0.3 is 0 Å². The first kappa shape index (κ1) is 18.9. The first-order chi connectivity index (χ1) is 12.9. The van der Waals surface area contributed by atoms with Crippen molar-refractivity contribution in [2.75, 3.05) is 6.61 Å². The summed E-state index contributed by atoms with van der Waals surface area (Å²) in [6.07, 6.45) is 2.72. The van der Waals surface area contributed by atoms with Crippen molar-refractivity contribution in [3.05, 3.63) is 29.5 Å². The molecule has 5 N–H and O–H groups in total. The number of hydrogen-bond donors (Lipinski definition) is 3. The second-order valence-corrected chi connectivity index (χ2v) is 6.83. The SMILES string of the molecule is CC(C)Oc1cc2c(OC[C@@H]3CCC(=O)N3)ncc(CN)c2cc1C(N)=O. The molecule has 1 atom stereocenters. The minimum atomic E-state index is -0.580. The van der Waals surface area contributed by atoms with E-state index in [-0.39, 0.29) is 30.2 Å². The molecule has 3 rings (SSSR count). The summed E-state index contributed by atoms with van der Waals surface area (Å²) in [6, 6.07) is 3.34. The largest absolute Gasteiger partial charge is 0.490 e. The summed E-state index contributed by atoms with van der Waals surface area (Å²) in [5, 5.41) is 4.28. The molecule has 2 heterocycles. The van der Waals surface area contributed by atoms with Gasteiger partial charge in [0.15, 0.2) is 0 Å². The zero-order chi connectivity index (χ0) is 19.6. The fourth-order valence-electron chi connectivity index (χ4n) is 3.10. The highest BCUT2D eigenvalue weighted by Gasteiger charge is 2.22. The molecule has 0 aliphatic carbocycles. The lowest BCUT2D eigenvalue weighted by Gasteiger charge is -2.17. The Morgan fingerprint density at radius 2 is 2.15 bits per heavy atom. The van der Waals surface area contributed by atoms with Crippen molar-refractivity contribution >= 4 is 22.6 Å². The number of rotatable bonds is 7. The number of carbonyl (C=O) groups excluding carboxylic acids is 2. The topological polar surface area (TPSA) is 130 Å². The van der Waals surface area contributed by atoms with E-state index >= 15 is 0 Å². The number of fused-ring (bicyclic) bond motifs is 1. The van der Waals surface area contributed by atoms with E-state index in [0.717, 1.165) is 17.4 Å². The Labute approximate surface area is 157 Å². The van der Waals surface area contributed by atoms with Gasteiger partial charge in [0.2, 0.25) is 11.8 Å². The summed E-state index contributed by atoms with van der Waals surface area (Å²) in [7, 11) is 0. The number of aromatic nitrogens is 1. The third-order valence-electron chi connectivity index (χ3n) is 4.39. The van der Waals surface area contributed by atoms with Gasteiger partial charge in [-0.2, -0.15) is 0 Å². The third-order valence-corrected chi connectivity index (χ3v) is 4.39. The molecule has 1 fully saturated rings. The number of benzene rings is 1. The molecule has 0 radical (unpaired) electrons. The zero-order valence-corrected chi connectivity index (χ0v) is 15.5. The second-order valence-electron chi connectivity index (χ2n) is 6.83. The molecule has 1 aliphatic rings. The van der Waals surface area contributed by atoms with Crippen LogP contribution in [0.5, 0.6) is 11.6 Å². The van der Waals surface area contributed by atoms with Crippen LogP contribution >= 0.6 is 0 Å². The molecular formula is C19H24N4O4. The minimum Gasteiger partial charge on any atom is -0.490 e. The van der Waals surface area contributed by atoms with Crippen molar-refractivity contribution in [2.45, 2.75) is 45.4 Å². The molecule has 1 aliphatic heterocycles. The molecule has 2 aromatic rings. The highest BCUT2D eigenvalue weighted by molar-refractivity contribution is 6.02. The van der Waals surface area contributed by atoms with Crippen LogP contribution in [0, 0.1) is 0 Å². The number of amides is 2. The van der Waals surface area contributed by atoms with Gasteiger partial charge in [-0.3, -0.25) is 9.59 Å². The number of ether oxygens (including phenoxy) is 2.